The zero-order valence-electron chi connectivity index (χ0n) is 17.4. The number of carbonyl (C=O) groups excluding carboxylic acids is 3. The number of rotatable bonds is 5. The van der Waals surface area contributed by atoms with E-state index in [1.807, 2.05) is 45.0 Å². The van der Waals surface area contributed by atoms with Gasteiger partial charge in [-0.1, -0.05) is 39.0 Å². The minimum Gasteiger partial charge on any atom is -0.496 e. The standard InChI is InChI=1S/C21H31N3O4/c1-15(25)22-17(14-16-8-6-7-9-18(16)28-5)19(26)23-10-12-24(13-11-23)20(27)21(2,3)4/h6-9,17H,10-14H2,1-5H3,(H,22,25). The fourth-order valence-corrected chi connectivity index (χ4v) is 3.36. The van der Waals surface area contributed by atoms with Gasteiger partial charge in [-0.25, -0.2) is 0 Å². The summed E-state index contributed by atoms with van der Waals surface area (Å²) in [4.78, 5) is 40.7. The van der Waals surface area contributed by atoms with E-state index in [-0.39, 0.29) is 17.7 Å². The molecule has 1 aromatic carbocycles. The molecule has 1 unspecified atom stereocenters. The van der Waals surface area contributed by atoms with Gasteiger partial charge in [-0.2, -0.15) is 0 Å². The highest BCUT2D eigenvalue weighted by Crippen LogP contribution is 2.21. The molecule has 3 amide bonds. The van der Waals surface area contributed by atoms with Gasteiger partial charge in [0.2, 0.25) is 17.7 Å². The van der Waals surface area contributed by atoms with Crippen molar-refractivity contribution < 1.29 is 19.1 Å². The van der Waals surface area contributed by atoms with E-state index < -0.39 is 11.5 Å². The first-order valence-electron chi connectivity index (χ1n) is 9.60. The second-order valence-electron chi connectivity index (χ2n) is 8.14. The molecule has 1 saturated heterocycles. The zero-order valence-corrected chi connectivity index (χ0v) is 17.4. The van der Waals surface area contributed by atoms with Gasteiger partial charge in [0.15, 0.2) is 0 Å². The van der Waals surface area contributed by atoms with Gasteiger partial charge in [0, 0.05) is 44.9 Å². The van der Waals surface area contributed by atoms with Crippen molar-refractivity contribution >= 4 is 17.7 Å². The maximum absolute atomic E-state index is 13.1. The molecule has 0 saturated carbocycles. The van der Waals surface area contributed by atoms with Crippen molar-refractivity contribution in [2.24, 2.45) is 5.41 Å². The van der Waals surface area contributed by atoms with Crippen LogP contribution in [0.4, 0.5) is 0 Å². The first kappa shape index (κ1) is 21.7. The Morgan fingerprint density at radius 1 is 1.07 bits per heavy atom. The third kappa shape index (κ3) is 5.47. The molecular weight excluding hydrogens is 358 g/mol. The average molecular weight is 389 g/mol. The van der Waals surface area contributed by atoms with Gasteiger partial charge in [0.1, 0.15) is 11.8 Å². The SMILES string of the molecule is COc1ccccc1CC(NC(C)=O)C(=O)N1CCN(C(=O)C(C)(C)C)CC1. The van der Waals surface area contributed by atoms with Gasteiger partial charge in [0.05, 0.1) is 7.11 Å². The van der Waals surface area contributed by atoms with Crippen molar-refractivity contribution in [3.63, 3.8) is 0 Å². The van der Waals surface area contributed by atoms with E-state index in [0.717, 1.165) is 5.56 Å². The average Bonchev–Trinajstić information content (AvgIpc) is 2.65. The first-order chi connectivity index (χ1) is 13.1. The molecule has 0 aromatic heterocycles. The van der Waals surface area contributed by atoms with Gasteiger partial charge in [-0.3, -0.25) is 14.4 Å². The lowest BCUT2D eigenvalue weighted by Gasteiger charge is -2.38. The molecule has 1 heterocycles. The van der Waals surface area contributed by atoms with Crippen LogP contribution in [-0.4, -0.2) is 66.9 Å². The van der Waals surface area contributed by atoms with Crippen molar-refractivity contribution in [3.05, 3.63) is 29.8 Å². The first-order valence-corrected chi connectivity index (χ1v) is 9.60. The van der Waals surface area contributed by atoms with E-state index in [1.54, 1.807) is 16.9 Å². The Labute approximate surface area is 167 Å². The Morgan fingerprint density at radius 3 is 2.18 bits per heavy atom. The van der Waals surface area contributed by atoms with Crippen LogP contribution in [0.1, 0.15) is 33.3 Å². The van der Waals surface area contributed by atoms with Crippen LogP contribution in [0.3, 0.4) is 0 Å². The van der Waals surface area contributed by atoms with Crippen LogP contribution >= 0.6 is 0 Å². The van der Waals surface area contributed by atoms with Crippen molar-refractivity contribution in [1.29, 1.82) is 0 Å². The number of piperazine rings is 1. The summed E-state index contributed by atoms with van der Waals surface area (Å²) in [6, 6.07) is 6.80. The number of ether oxygens (including phenoxy) is 1. The predicted octanol–water partition coefficient (Wildman–Crippen LogP) is 1.46. The number of para-hydroxylation sites is 1. The number of nitrogens with one attached hydrogen (secondary N) is 1. The zero-order chi connectivity index (χ0) is 20.9. The minimum atomic E-state index is -0.668. The summed E-state index contributed by atoms with van der Waals surface area (Å²) in [5, 5.41) is 2.77. The summed E-state index contributed by atoms with van der Waals surface area (Å²) in [6.45, 7) is 9.02. The van der Waals surface area contributed by atoms with Gasteiger partial charge in [-0.05, 0) is 11.6 Å². The van der Waals surface area contributed by atoms with Gasteiger partial charge >= 0.3 is 0 Å². The van der Waals surface area contributed by atoms with Crippen LogP contribution in [0.25, 0.3) is 0 Å². The second-order valence-corrected chi connectivity index (χ2v) is 8.14. The van der Waals surface area contributed by atoms with Crippen molar-refractivity contribution in [1.82, 2.24) is 15.1 Å². The second kappa shape index (κ2) is 9.08. The summed E-state index contributed by atoms with van der Waals surface area (Å²) >= 11 is 0. The molecule has 2 rings (SSSR count). The lowest BCUT2D eigenvalue weighted by Crippen LogP contribution is -2.57. The maximum atomic E-state index is 13.1. The Hall–Kier alpha value is -2.57. The highest BCUT2D eigenvalue weighted by molar-refractivity contribution is 5.87. The van der Waals surface area contributed by atoms with E-state index >= 15 is 0 Å². The molecule has 28 heavy (non-hydrogen) atoms. The lowest BCUT2D eigenvalue weighted by molar-refractivity contribution is -0.146. The topological polar surface area (TPSA) is 79.0 Å². The molecule has 0 aliphatic carbocycles. The molecule has 1 fully saturated rings. The molecule has 1 aromatic rings. The molecule has 0 bridgehead atoms. The summed E-state index contributed by atoms with van der Waals surface area (Å²) in [6.07, 6.45) is 0.351. The van der Waals surface area contributed by atoms with Crippen LogP contribution in [-0.2, 0) is 20.8 Å². The maximum Gasteiger partial charge on any atom is 0.245 e. The number of benzene rings is 1. The largest absolute Gasteiger partial charge is 0.496 e. The highest BCUT2D eigenvalue weighted by Gasteiger charge is 2.33. The van der Waals surface area contributed by atoms with Gasteiger partial charge in [-0.15, -0.1) is 0 Å². The van der Waals surface area contributed by atoms with Gasteiger partial charge in [0.25, 0.3) is 0 Å². The third-order valence-corrected chi connectivity index (χ3v) is 4.81. The third-order valence-electron chi connectivity index (χ3n) is 4.81. The molecule has 7 nitrogen and oxygen atoms in total. The van der Waals surface area contributed by atoms with Crippen molar-refractivity contribution in [2.45, 2.75) is 40.2 Å². The smallest absolute Gasteiger partial charge is 0.245 e. The number of carbonyl (C=O) groups is 3. The molecule has 1 atom stereocenters. The van der Waals surface area contributed by atoms with Crippen LogP contribution in [0.2, 0.25) is 0 Å². The van der Waals surface area contributed by atoms with Crippen LogP contribution in [0, 0.1) is 5.41 Å². The Kier molecular flexibility index (Phi) is 7.05. The molecule has 0 radical (unpaired) electrons. The molecule has 1 N–H and O–H groups in total. The van der Waals surface area contributed by atoms with E-state index in [1.165, 1.54) is 6.92 Å². The fourth-order valence-electron chi connectivity index (χ4n) is 3.36. The minimum absolute atomic E-state index is 0.0898. The quantitative estimate of drug-likeness (QED) is 0.827. The molecule has 0 spiro atoms. The number of hydrogen-bond acceptors (Lipinski definition) is 4. The molecule has 7 heteroatoms. The van der Waals surface area contributed by atoms with E-state index in [2.05, 4.69) is 5.32 Å². The summed E-state index contributed by atoms with van der Waals surface area (Å²) < 4.78 is 5.37. The summed E-state index contributed by atoms with van der Waals surface area (Å²) in [5.41, 5.74) is 0.424. The molecule has 1 aliphatic rings. The number of amides is 3. The molecule has 1 aliphatic heterocycles. The Balaban J connectivity index is 2.07. The normalized spacial score (nSPS) is 15.8. The van der Waals surface area contributed by atoms with E-state index in [9.17, 15) is 14.4 Å². The summed E-state index contributed by atoms with van der Waals surface area (Å²) in [7, 11) is 1.58. The number of methoxy groups -OCH3 is 1. The van der Waals surface area contributed by atoms with Crippen molar-refractivity contribution in [3.8, 4) is 5.75 Å². The Morgan fingerprint density at radius 2 is 1.64 bits per heavy atom. The summed E-state index contributed by atoms with van der Waals surface area (Å²) in [5.74, 6) is 0.386. The monoisotopic (exact) mass is 389 g/mol. The lowest BCUT2D eigenvalue weighted by atomic mass is 9.94. The van der Waals surface area contributed by atoms with Gasteiger partial charge < -0.3 is 19.9 Å². The molecule has 154 valence electrons. The fraction of sp³-hybridized carbons (Fsp3) is 0.571. The number of nitrogens with zero attached hydrogens (tertiary/aromatic N) is 2. The predicted molar refractivity (Wildman–Crippen MR) is 107 cm³/mol. The highest BCUT2D eigenvalue weighted by atomic mass is 16.5. The van der Waals surface area contributed by atoms with Crippen LogP contribution in [0.15, 0.2) is 24.3 Å². The number of hydrogen-bond donors (Lipinski definition) is 1. The Bertz CT molecular complexity index is 719. The van der Waals surface area contributed by atoms with E-state index in [0.29, 0.717) is 38.3 Å². The van der Waals surface area contributed by atoms with Crippen LogP contribution < -0.4 is 10.1 Å². The van der Waals surface area contributed by atoms with Crippen LogP contribution in [0.5, 0.6) is 5.75 Å². The van der Waals surface area contributed by atoms with E-state index in [4.69, 9.17) is 4.74 Å². The van der Waals surface area contributed by atoms with Crippen molar-refractivity contribution in [2.75, 3.05) is 33.3 Å². The molecular formula is C21H31N3O4.